The number of aromatic nitrogens is 3. The monoisotopic (exact) mass is 909 g/mol. The van der Waals surface area contributed by atoms with Gasteiger partial charge in [0.2, 0.25) is 17.8 Å². The zero-order chi connectivity index (χ0) is 45.9. The number of halogens is 2. The van der Waals surface area contributed by atoms with Crippen molar-refractivity contribution < 1.29 is 28.3 Å². The summed E-state index contributed by atoms with van der Waals surface area (Å²) in [6, 6.07) is 9.85. The van der Waals surface area contributed by atoms with E-state index in [1.54, 1.807) is 35.9 Å². The molecule has 4 aromatic rings. The molecule has 17 heteroatoms. The second-order valence-corrected chi connectivity index (χ2v) is 19.6. The minimum atomic E-state index is -0.785. The molecule has 15 nitrogen and oxygen atoms in total. The molecule has 7 heterocycles. The van der Waals surface area contributed by atoms with Gasteiger partial charge in [0.1, 0.15) is 17.7 Å². The van der Waals surface area contributed by atoms with Crippen molar-refractivity contribution in [1.29, 1.82) is 0 Å². The Balaban J connectivity index is 0.789. The molecule has 1 unspecified atom stereocenters. The number of amides is 3. The smallest absolute Gasteiger partial charge is 0.293 e. The van der Waals surface area contributed by atoms with Gasteiger partial charge in [-0.25, -0.2) is 9.37 Å². The molecule has 0 radical (unpaired) electrons. The highest BCUT2D eigenvalue weighted by Crippen LogP contribution is 2.56. The van der Waals surface area contributed by atoms with E-state index < -0.39 is 17.8 Å². The minimum Gasteiger partial charge on any atom is -0.480 e. The van der Waals surface area contributed by atoms with Crippen molar-refractivity contribution in [2.24, 2.45) is 11.3 Å². The van der Waals surface area contributed by atoms with Crippen LogP contribution in [-0.4, -0.2) is 105 Å². The van der Waals surface area contributed by atoms with Crippen LogP contribution in [0.3, 0.4) is 0 Å². The van der Waals surface area contributed by atoms with Gasteiger partial charge in [-0.2, -0.15) is 4.98 Å². The maximum atomic E-state index is 16.3. The first-order valence-electron chi connectivity index (χ1n) is 22.9. The summed E-state index contributed by atoms with van der Waals surface area (Å²) in [6.07, 6.45) is 6.38. The lowest BCUT2D eigenvalue weighted by Gasteiger charge is -2.67. The van der Waals surface area contributed by atoms with Crippen LogP contribution in [0.1, 0.15) is 102 Å². The van der Waals surface area contributed by atoms with Gasteiger partial charge in [-0.05, 0) is 115 Å². The Kier molecular flexibility index (Phi) is 11.9. The number of rotatable bonds is 12. The number of likely N-dealkylation sites (tertiary alicyclic amines) is 1. The number of imide groups is 1. The third kappa shape index (κ3) is 8.10. The van der Waals surface area contributed by atoms with Crippen LogP contribution in [0, 0.1) is 17.2 Å². The molecule has 5 aliphatic heterocycles. The third-order valence-electron chi connectivity index (χ3n) is 14.9. The number of carbonyl (C=O) groups excluding carboxylic acids is 4. The minimum absolute atomic E-state index is 0.0129. The van der Waals surface area contributed by atoms with Crippen LogP contribution >= 0.6 is 11.6 Å². The average Bonchev–Trinajstić information content (AvgIpc) is 3.62. The lowest BCUT2D eigenvalue weighted by atomic mass is 9.57. The van der Waals surface area contributed by atoms with Gasteiger partial charge in [-0.3, -0.25) is 29.3 Å². The lowest BCUT2D eigenvalue weighted by Crippen LogP contribution is -2.74. The van der Waals surface area contributed by atoms with Gasteiger partial charge in [0.05, 0.1) is 23.9 Å². The maximum absolute atomic E-state index is 16.3. The second-order valence-electron chi connectivity index (χ2n) is 19.2. The van der Waals surface area contributed by atoms with Gasteiger partial charge in [0.25, 0.3) is 11.5 Å². The molecule has 4 saturated heterocycles. The summed E-state index contributed by atoms with van der Waals surface area (Å²) < 4.78 is 23.7. The van der Waals surface area contributed by atoms with Crippen LogP contribution in [0.5, 0.6) is 5.75 Å². The molecule has 344 valence electrons. The topological polar surface area (TPSA) is 162 Å². The quantitative estimate of drug-likeness (QED) is 0.146. The Bertz CT molecular complexity index is 2640. The average molecular weight is 910 g/mol. The number of anilines is 4. The van der Waals surface area contributed by atoms with Gasteiger partial charge in [-0.1, -0.05) is 18.5 Å². The molecular formula is C48H57ClFN9O6. The van der Waals surface area contributed by atoms with Crippen molar-refractivity contribution in [2.75, 3.05) is 61.0 Å². The molecule has 1 spiro atoms. The summed E-state index contributed by atoms with van der Waals surface area (Å²) in [7, 11) is 0. The Morgan fingerprint density at radius 3 is 2.48 bits per heavy atom. The van der Waals surface area contributed by atoms with Crippen LogP contribution in [0.4, 0.5) is 27.5 Å². The van der Waals surface area contributed by atoms with Crippen molar-refractivity contribution >= 4 is 69.1 Å². The summed E-state index contributed by atoms with van der Waals surface area (Å²) in [5, 5.41) is 6.82. The summed E-state index contributed by atoms with van der Waals surface area (Å²) in [4.78, 5) is 80.6. The fraction of sp³-hybridized carbons (Fsp3) is 0.521. The summed E-state index contributed by atoms with van der Waals surface area (Å²) in [5.74, 6) is 0.0300. The number of nitrogens with one attached hydrogen (secondary N) is 2. The second kappa shape index (κ2) is 17.3. The lowest BCUT2D eigenvalue weighted by molar-refractivity contribution is -0.137. The molecule has 3 amide bonds. The number of nitrogens with zero attached hydrogens (tertiary/aromatic N) is 7. The van der Waals surface area contributed by atoms with E-state index in [2.05, 4.69) is 44.2 Å². The molecule has 0 bridgehead atoms. The number of benzene rings is 2. The van der Waals surface area contributed by atoms with E-state index in [9.17, 15) is 24.0 Å². The predicted octanol–water partition coefficient (Wildman–Crippen LogP) is 6.62. The number of piperidine rings is 3. The van der Waals surface area contributed by atoms with Crippen molar-refractivity contribution in [2.45, 2.75) is 104 Å². The zero-order valence-corrected chi connectivity index (χ0v) is 38.5. The van der Waals surface area contributed by atoms with Gasteiger partial charge >= 0.3 is 0 Å². The van der Waals surface area contributed by atoms with Crippen molar-refractivity contribution in [1.82, 2.24) is 29.7 Å². The maximum Gasteiger partial charge on any atom is 0.293 e. The first-order valence-corrected chi connectivity index (χ1v) is 23.3. The first-order chi connectivity index (χ1) is 31.1. The molecule has 2 aromatic carbocycles. The largest absolute Gasteiger partial charge is 0.480 e. The number of ether oxygens (including phenoxy) is 1. The van der Waals surface area contributed by atoms with Crippen LogP contribution in [-0.2, 0) is 20.9 Å². The Labute approximate surface area is 382 Å². The number of hydrogen-bond donors (Lipinski definition) is 2. The zero-order valence-electron chi connectivity index (χ0n) is 37.7. The van der Waals surface area contributed by atoms with E-state index in [0.29, 0.717) is 40.4 Å². The molecule has 5 aliphatic rings. The highest BCUT2D eigenvalue weighted by Gasteiger charge is 2.60. The number of Topliss-reactive ketones (excluding diaryl/α,β-unsaturated/α-hetero) is 1. The number of pyridine rings is 1. The first kappa shape index (κ1) is 44.6. The van der Waals surface area contributed by atoms with Crippen LogP contribution in [0.2, 0.25) is 5.02 Å². The molecule has 0 saturated carbocycles. The van der Waals surface area contributed by atoms with Gasteiger partial charge in [-0.15, -0.1) is 0 Å². The van der Waals surface area contributed by atoms with E-state index in [1.165, 1.54) is 4.90 Å². The van der Waals surface area contributed by atoms with Crippen LogP contribution in [0.25, 0.3) is 10.9 Å². The molecule has 9 rings (SSSR count). The predicted molar refractivity (Wildman–Crippen MR) is 247 cm³/mol. The Morgan fingerprint density at radius 2 is 1.78 bits per heavy atom. The van der Waals surface area contributed by atoms with E-state index in [4.69, 9.17) is 21.3 Å². The molecule has 0 aliphatic carbocycles. The van der Waals surface area contributed by atoms with Gasteiger partial charge < -0.3 is 34.2 Å². The standard InChI is InChI=1S/C48H57ClFN9O6/c1-6-32(60)26-65-39-22-30-21-31(7-9-36(30)59(28(2)3)45(39)64)52-42-35(49)23-51-46(54-42)56-17-13-29(14-18-56)24-55-19-15-48(16-20-55)27-58(47(48,4)5)37-10-8-33-34(41(37)50)25-57(44(33)63)38-11-12-40(61)53-43(38)62/h7-10,21-23,28-29,38H,6,11-20,24-27H2,1-5H3,(H,51,52,54)(H,53,61,62). The van der Waals surface area contributed by atoms with E-state index in [1.807, 2.05) is 32.0 Å². The SMILES string of the molecule is CCC(=O)COc1cc2cc(Nc3nc(N4CCC(CN5CCC6(CC5)CN(c5ccc7c(c5F)CN(C5CCC(=O)NC5=O)C7=O)C6(C)C)CC4)ncc3Cl)ccc2n(C(C)C)c1=O. The molecule has 1 atom stereocenters. The van der Waals surface area contributed by atoms with Crippen molar-refractivity contribution in [3.8, 4) is 5.75 Å². The molecular weight excluding hydrogens is 853 g/mol. The fourth-order valence-corrected chi connectivity index (χ4v) is 10.8. The molecule has 2 aromatic heterocycles. The number of hydrogen-bond acceptors (Lipinski definition) is 12. The van der Waals surface area contributed by atoms with Crippen LogP contribution < -0.4 is 30.7 Å². The highest BCUT2D eigenvalue weighted by molar-refractivity contribution is 6.33. The summed E-state index contributed by atoms with van der Waals surface area (Å²) in [6.45, 7) is 15.2. The van der Waals surface area contributed by atoms with Crippen molar-refractivity contribution in [3.05, 3.63) is 74.9 Å². The molecule has 4 fully saturated rings. The van der Waals surface area contributed by atoms with Gasteiger partial charge in [0, 0.05) is 78.2 Å². The van der Waals surface area contributed by atoms with E-state index in [0.717, 1.165) is 81.5 Å². The Hall–Kier alpha value is -5.61. The van der Waals surface area contributed by atoms with E-state index >= 15 is 4.39 Å². The van der Waals surface area contributed by atoms with E-state index in [-0.39, 0.29) is 77.5 Å². The third-order valence-corrected chi connectivity index (χ3v) is 15.2. The summed E-state index contributed by atoms with van der Waals surface area (Å²) >= 11 is 6.63. The molecule has 2 N–H and O–H groups in total. The normalized spacial score (nSPS) is 21.0. The highest BCUT2D eigenvalue weighted by atomic mass is 35.5. The number of carbonyl (C=O) groups is 4. The Morgan fingerprint density at radius 1 is 1.03 bits per heavy atom. The number of ketones is 1. The molecule has 65 heavy (non-hydrogen) atoms. The number of fused-ring (bicyclic) bond motifs is 2. The van der Waals surface area contributed by atoms with Crippen molar-refractivity contribution in [3.63, 3.8) is 0 Å². The van der Waals surface area contributed by atoms with Crippen LogP contribution in [0.15, 0.2) is 47.4 Å². The van der Waals surface area contributed by atoms with Gasteiger partial charge in [0.15, 0.2) is 23.2 Å². The fourth-order valence-electron chi connectivity index (χ4n) is 10.7. The summed E-state index contributed by atoms with van der Waals surface area (Å²) in [5.41, 5.74) is 2.04.